The number of ether oxygens (including phenoxy) is 1. The summed E-state index contributed by atoms with van der Waals surface area (Å²) in [5, 5.41) is 7.07. The minimum absolute atomic E-state index is 0.747. The molecule has 0 amide bonds. The Morgan fingerprint density at radius 2 is 2.04 bits per heavy atom. The molecule has 1 N–H and O–H groups in total. The van der Waals surface area contributed by atoms with Crippen molar-refractivity contribution in [1.29, 1.82) is 0 Å². The van der Waals surface area contributed by atoms with E-state index in [9.17, 15) is 0 Å². The molecule has 0 saturated heterocycles. The van der Waals surface area contributed by atoms with Crippen LogP contribution in [0.4, 0.5) is 5.13 Å². The van der Waals surface area contributed by atoms with Crippen molar-refractivity contribution in [2.24, 2.45) is 5.10 Å². The van der Waals surface area contributed by atoms with E-state index in [0.717, 1.165) is 47.2 Å². The number of rotatable bonds is 8. The van der Waals surface area contributed by atoms with Gasteiger partial charge in [0.1, 0.15) is 5.75 Å². The van der Waals surface area contributed by atoms with Gasteiger partial charge < -0.3 is 4.74 Å². The molecule has 1 heterocycles. The smallest absolute Gasteiger partial charge is 0.203 e. The molecule has 0 unspecified atom stereocenters. The van der Waals surface area contributed by atoms with Crippen molar-refractivity contribution in [3.8, 4) is 17.0 Å². The van der Waals surface area contributed by atoms with Gasteiger partial charge in [-0.15, -0.1) is 11.3 Å². The molecule has 25 heavy (non-hydrogen) atoms. The maximum Gasteiger partial charge on any atom is 0.203 e. The molecule has 3 aromatic rings. The molecule has 0 fully saturated rings. The molecule has 0 saturated carbocycles. The van der Waals surface area contributed by atoms with Gasteiger partial charge in [-0.3, -0.25) is 5.43 Å². The SMILES string of the molecule is CCCCOc1cccc(C=NNc2nc(-c3ccccc3)cs2)c1. The van der Waals surface area contributed by atoms with Gasteiger partial charge in [0.2, 0.25) is 5.13 Å². The number of thiazole rings is 1. The molecule has 0 atom stereocenters. The Kier molecular flexibility index (Phi) is 6.17. The van der Waals surface area contributed by atoms with Gasteiger partial charge in [0.15, 0.2) is 0 Å². The summed E-state index contributed by atoms with van der Waals surface area (Å²) in [5.41, 5.74) is 6.04. The summed E-state index contributed by atoms with van der Waals surface area (Å²) in [6.45, 7) is 2.90. The summed E-state index contributed by atoms with van der Waals surface area (Å²) in [7, 11) is 0. The summed E-state index contributed by atoms with van der Waals surface area (Å²) >= 11 is 1.54. The fraction of sp³-hybridized carbons (Fsp3) is 0.200. The van der Waals surface area contributed by atoms with Crippen LogP contribution in [0.25, 0.3) is 11.3 Å². The highest BCUT2D eigenvalue weighted by Crippen LogP contribution is 2.24. The van der Waals surface area contributed by atoms with Gasteiger partial charge in [-0.25, -0.2) is 4.98 Å². The third-order valence-electron chi connectivity index (χ3n) is 3.57. The van der Waals surface area contributed by atoms with Crippen LogP contribution in [0.2, 0.25) is 0 Å². The number of anilines is 1. The van der Waals surface area contributed by atoms with Crippen molar-refractivity contribution < 1.29 is 4.74 Å². The number of hydrogen-bond donors (Lipinski definition) is 1. The summed E-state index contributed by atoms with van der Waals surface area (Å²) in [6, 6.07) is 18.0. The summed E-state index contributed by atoms with van der Waals surface area (Å²) in [4.78, 5) is 4.55. The van der Waals surface area contributed by atoms with Crippen LogP contribution in [0.3, 0.4) is 0 Å². The van der Waals surface area contributed by atoms with Crippen molar-refractivity contribution in [3.05, 3.63) is 65.5 Å². The van der Waals surface area contributed by atoms with Gasteiger partial charge in [0, 0.05) is 10.9 Å². The molecule has 128 valence electrons. The molecule has 0 aliphatic carbocycles. The molecular formula is C20H21N3OS. The minimum atomic E-state index is 0.747. The van der Waals surface area contributed by atoms with Gasteiger partial charge in [-0.1, -0.05) is 55.8 Å². The maximum absolute atomic E-state index is 5.71. The molecule has 2 aromatic carbocycles. The average molecular weight is 351 g/mol. The zero-order valence-corrected chi connectivity index (χ0v) is 15.0. The van der Waals surface area contributed by atoms with Crippen LogP contribution in [0.15, 0.2) is 65.1 Å². The van der Waals surface area contributed by atoms with E-state index in [1.165, 1.54) is 11.3 Å². The quantitative estimate of drug-likeness (QED) is 0.334. The molecule has 0 aliphatic heterocycles. The number of hydrogen-bond acceptors (Lipinski definition) is 5. The van der Waals surface area contributed by atoms with Crippen LogP contribution in [0.5, 0.6) is 5.75 Å². The highest BCUT2D eigenvalue weighted by atomic mass is 32.1. The number of nitrogens with zero attached hydrogens (tertiary/aromatic N) is 2. The lowest BCUT2D eigenvalue weighted by Gasteiger charge is -2.05. The number of aromatic nitrogens is 1. The molecular weight excluding hydrogens is 330 g/mol. The molecule has 3 rings (SSSR count). The Morgan fingerprint density at radius 3 is 2.88 bits per heavy atom. The maximum atomic E-state index is 5.71. The second-order valence-electron chi connectivity index (χ2n) is 5.55. The van der Waals surface area contributed by atoms with Crippen LogP contribution in [-0.2, 0) is 0 Å². The van der Waals surface area contributed by atoms with Crippen molar-refractivity contribution in [3.63, 3.8) is 0 Å². The molecule has 0 radical (unpaired) electrons. The second kappa shape index (κ2) is 8.99. The Hall–Kier alpha value is -2.66. The average Bonchev–Trinajstić information content (AvgIpc) is 3.12. The van der Waals surface area contributed by atoms with Gasteiger partial charge in [-0.2, -0.15) is 5.10 Å². The van der Waals surface area contributed by atoms with E-state index in [-0.39, 0.29) is 0 Å². The topological polar surface area (TPSA) is 46.5 Å². The first kappa shape index (κ1) is 17.2. The van der Waals surface area contributed by atoms with E-state index in [4.69, 9.17) is 4.74 Å². The first-order valence-electron chi connectivity index (χ1n) is 8.38. The van der Waals surface area contributed by atoms with Crippen molar-refractivity contribution in [1.82, 2.24) is 4.98 Å². The van der Waals surface area contributed by atoms with E-state index >= 15 is 0 Å². The van der Waals surface area contributed by atoms with E-state index in [1.54, 1.807) is 6.21 Å². The van der Waals surface area contributed by atoms with Crippen molar-refractivity contribution in [2.75, 3.05) is 12.0 Å². The highest BCUT2D eigenvalue weighted by Gasteiger charge is 2.02. The van der Waals surface area contributed by atoms with Crippen LogP contribution in [0.1, 0.15) is 25.3 Å². The Balaban J connectivity index is 1.58. The zero-order chi connectivity index (χ0) is 17.3. The second-order valence-corrected chi connectivity index (χ2v) is 6.41. The lowest BCUT2D eigenvalue weighted by molar-refractivity contribution is 0.309. The zero-order valence-electron chi connectivity index (χ0n) is 14.2. The minimum Gasteiger partial charge on any atom is -0.494 e. The highest BCUT2D eigenvalue weighted by molar-refractivity contribution is 7.14. The predicted molar refractivity (Wildman–Crippen MR) is 106 cm³/mol. The number of unbranched alkanes of at least 4 members (excludes halogenated alkanes) is 1. The Bertz CT molecular complexity index is 815. The summed E-state index contributed by atoms with van der Waals surface area (Å²) in [5.74, 6) is 0.873. The third kappa shape index (κ3) is 5.16. The first-order chi connectivity index (χ1) is 12.3. The molecule has 1 aromatic heterocycles. The van der Waals surface area contributed by atoms with Gasteiger partial charge in [0.25, 0.3) is 0 Å². The molecule has 5 heteroatoms. The molecule has 0 bridgehead atoms. The van der Waals surface area contributed by atoms with E-state index in [2.05, 4.69) is 22.4 Å². The fourth-order valence-electron chi connectivity index (χ4n) is 2.25. The molecule has 0 spiro atoms. The normalized spacial score (nSPS) is 10.9. The van der Waals surface area contributed by atoms with Crippen molar-refractivity contribution >= 4 is 22.7 Å². The van der Waals surface area contributed by atoms with Crippen LogP contribution in [-0.4, -0.2) is 17.8 Å². The molecule has 0 aliphatic rings. The van der Waals surface area contributed by atoms with Gasteiger partial charge >= 0.3 is 0 Å². The van der Waals surface area contributed by atoms with Gasteiger partial charge in [0.05, 0.1) is 18.5 Å². The predicted octanol–water partition coefficient (Wildman–Crippen LogP) is 5.44. The van der Waals surface area contributed by atoms with Crippen LogP contribution >= 0.6 is 11.3 Å². The number of nitrogens with one attached hydrogen (secondary N) is 1. The van der Waals surface area contributed by atoms with Crippen LogP contribution < -0.4 is 10.2 Å². The number of hydrazone groups is 1. The van der Waals surface area contributed by atoms with Crippen molar-refractivity contribution in [2.45, 2.75) is 19.8 Å². The Labute approximate surface area is 152 Å². The van der Waals surface area contributed by atoms with E-state index in [0.29, 0.717) is 0 Å². The first-order valence-corrected chi connectivity index (χ1v) is 9.26. The summed E-state index contributed by atoms with van der Waals surface area (Å²) in [6.07, 6.45) is 3.97. The number of benzene rings is 2. The standard InChI is InChI=1S/C20H21N3OS/c1-2-3-12-24-18-11-7-8-16(13-18)14-21-23-20-22-19(15-25-20)17-9-5-4-6-10-17/h4-11,13-15H,2-3,12H2,1H3,(H,22,23). The van der Waals surface area contributed by atoms with E-state index < -0.39 is 0 Å². The van der Waals surface area contributed by atoms with Crippen LogP contribution in [0, 0.1) is 0 Å². The lowest BCUT2D eigenvalue weighted by Crippen LogP contribution is -1.97. The largest absolute Gasteiger partial charge is 0.494 e. The lowest BCUT2D eigenvalue weighted by atomic mass is 10.2. The summed E-state index contributed by atoms with van der Waals surface area (Å²) < 4.78 is 5.71. The molecule has 4 nitrogen and oxygen atoms in total. The Morgan fingerprint density at radius 1 is 1.16 bits per heavy atom. The monoisotopic (exact) mass is 351 g/mol. The van der Waals surface area contributed by atoms with Gasteiger partial charge in [-0.05, 0) is 24.1 Å². The fourth-order valence-corrected chi connectivity index (χ4v) is 2.92. The third-order valence-corrected chi connectivity index (χ3v) is 4.32. The van der Waals surface area contributed by atoms with E-state index in [1.807, 2.05) is 60.0 Å².